The van der Waals surface area contributed by atoms with Crippen LogP contribution in [0.5, 0.6) is 0 Å². The van der Waals surface area contributed by atoms with Gasteiger partial charge in [-0.25, -0.2) is 4.79 Å². The van der Waals surface area contributed by atoms with Gasteiger partial charge in [0.25, 0.3) is 0 Å². The van der Waals surface area contributed by atoms with Gasteiger partial charge in [-0.1, -0.05) is 26.5 Å². The highest BCUT2D eigenvalue weighted by Gasteiger charge is 2.30. The van der Waals surface area contributed by atoms with Crippen LogP contribution >= 0.6 is 0 Å². The van der Waals surface area contributed by atoms with E-state index in [1.165, 1.54) is 6.08 Å². The third-order valence-corrected chi connectivity index (χ3v) is 1.76. The van der Waals surface area contributed by atoms with E-state index in [1.807, 2.05) is 13.8 Å². The van der Waals surface area contributed by atoms with Gasteiger partial charge in [-0.3, -0.25) is 0 Å². The molecule has 0 aliphatic carbocycles. The first-order chi connectivity index (χ1) is 6.15. The first-order valence-corrected chi connectivity index (χ1v) is 4.31. The fourth-order valence-corrected chi connectivity index (χ4v) is 1.16. The van der Waals surface area contributed by atoms with Crippen molar-refractivity contribution in [3.63, 3.8) is 0 Å². The Labute approximate surface area is 78.0 Å². The van der Waals surface area contributed by atoms with Gasteiger partial charge in [0.05, 0.1) is 6.08 Å². The van der Waals surface area contributed by atoms with Crippen molar-refractivity contribution in [1.29, 1.82) is 0 Å². The van der Waals surface area contributed by atoms with Crippen molar-refractivity contribution in [2.45, 2.75) is 20.0 Å². The molecule has 1 atom stereocenters. The predicted molar refractivity (Wildman–Crippen MR) is 49.0 cm³/mol. The van der Waals surface area contributed by atoms with E-state index in [0.29, 0.717) is 12.4 Å². The molecule has 0 aromatic rings. The normalized spacial score (nSPS) is 21.3. The molecule has 13 heavy (non-hydrogen) atoms. The average molecular weight is 182 g/mol. The number of carbonyl (C=O) groups excluding carboxylic acids is 1. The van der Waals surface area contributed by atoms with Crippen LogP contribution in [0.15, 0.2) is 24.5 Å². The number of hydrogen-bond donors (Lipinski definition) is 0. The SMILES string of the molecule is C=CCOC1=CC(=O)O[C@H]1C(C)C. The van der Waals surface area contributed by atoms with E-state index in [-0.39, 0.29) is 18.0 Å². The second kappa shape index (κ2) is 4.12. The quantitative estimate of drug-likeness (QED) is 0.490. The molecule has 0 bridgehead atoms. The van der Waals surface area contributed by atoms with Gasteiger partial charge < -0.3 is 9.47 Å². The highest BCUT2D eigenvalue weighted by Crippen LogP contribution is 2.23. The Balaban J connectivity index is 2.62. The molecule has 72 valence electrons. The monoisotopic (exact) mass is 182 g/mol. The smallest absolute Gasteiger partial charge is 0.335 e. The first kappa shape index (κ1) is 9.84. The summed E-state index contributed by atoms with van der Waals surface area (Å²) in [6.07, 6.45) is 2.81. The van der Waals surface area contributed by atoms with E-state index < -0.39 is 0 Å². The van der Waals surface area contributed by atoms with Crippen molar-refractivity contribution < 1.29 is 14.3 Å². The Morgan fingerprint density at radius 2 is 2.46 bits per heavy atom. The number of carbonyl (C=O) groups is 1. The lowest BCUT2D eigenvalue weighted by Gasteiger charge is -2.17. The molecule has 0 N–H and O–H groups in total. The van der Waals surface area contributed by atoms with Crippen LogP contribution in [0.25, 0.3) is 0 Å². The molecular formula is C10H14O3. The Morgan fingerprint density at radius 1 is 1.77 bits per heavy atom. The van der Waals surface area contributed by atoms with Crippen LogP contribution in [-0.2, 0) is 14.3 Å². The molecule has 1 rings (SSSR count). The highest BCUT2D eigenvalue weighted by atomic mass is 16.6. The van der Waals surface area contributed by atoms with Crippen molar-refractivity contribution >= 4 is 5.97 Å². The molecule has 0 unspecified atom stereocenters. The molecule has 1 aliphatic heterocycles. The molecule has 1 heterocycles. The number of esters is 1. The summed E-state index contributed by atoms with van der Waals surface area (Å²) in [6.45, 7) is 7.90. The molecular weight excluding hydrogens is 168 g/mol. The van der Waals surface area contributed by atoms with Crippen molar-refractivity contribution in [2.24, 2.45) is 5.92 Å². The van der Waals surface area contributed by atoms with Gasteiger partial charge in [-0.15, -0.1) is 0 Å². The minimum absolute atomic E-state index is 0.229. The second-order valence-electron chi connectivity index (χ2n) is 3.25. The van der Waals surface area contributed by atoms with Crippen LogP contribution in [0, 0.1) is 5.92 Å². The maximum Gasteiger partial charge on any atom is 0.335 e. The molecule has 0 fully saturated rings. The first-order valence-electron chi connectivity index (χ1n) is 4.31. The van der Waals surface area contributed by atoms with Crippen molar-refractivity contribution in [3.8, 4) is 0 Å². The number of ether oxygens (including phenoxy) is 2. The van der Waals surface area contributed by atoms with E-state index in [2.05, 4.69) is 6.58 Å². The largest absolute Gasteiger partial charge is 0.490 e. The summed E-state index contributed by atoms with van der Waals surface area (Å²) in [5.74, 6) is 0.528. The lowest BCUT2D eigenvalue weighted by atomic mass is 10.1. The summed E-state index contributed by atoms with van der Waals surface area (Å²) in [7, 11) is 0. The Kier molecular flexibility index (Phi) is 3.12. The summed E-state index contributed by atoms with van der Waals surface area (Å²) in [4.78, 5) is 10.9. The van der Waals surface area contributed by atoms with Gasteiger partial charge in [0.15, 0.2) is 6.10 Å². The van der Waals surface area contributed by atoms with Crippen LogP contribution < -0.4 is 0 Å². The lowest BCUT2D eigenvalue weighted by Crippen LogP contribution is -2.20. The standard InChI is InChI=1S/C10H14O3/c1-4-5-12-8-6-9(11)13-10(8)7(2)3/h4,6-7,10H,1,5H2,2-3H3/t10-/m0/s1. The molecule has 0 aromatic heterocycles. The molecule has 0 amide bonds. The van der Waals surface area contributed by atoms with Crippen LogP contribution in [0.1, 0.15) is 13.8 Å². The maximum absolute atomic E-state index is 10.9. The van der Waals surface area contributed by atoms with Gasteiger partial charge in [0.2, 0.25) is 0 Å². The Morgan fingerprint density at radius 3 is 3.00 bits per heavy atom. The molecule has 3 heteroatoms. The van der Waals surface area contributed by atoms with Gasteiger partial charge in [0.1, 0.15) is 12.4 Å². The van der Waals surface area contributed by atoms with Crippen LogP contribution in [0.2, 0.25) is 0 Å². The molecule has 0 aromatic carbocycles. The lowest BCUT2D eigenvalue weighted by molar-refractivity contribution is -0.141. The summed E-state index contributed by atoms with van der Waals surface area (Å²) in [6, 6.07) is 0. The number of cyclic esters (lactones) is 1. The van der Waals surface area contributed by atoms with Crippen LogP contribution in [-0.4, -0.2) is 18.7 Å². The Bertz CT molecular complexity index is 241. The molecule has 0 saturated carbocycles. The van der Waals surface area contributed by atoms with E-state index in [4.69, 9.17) is 9.47 Å². The predicted octanol–water partition coefficient (Wildman–Crippen LogP) is 1.65. The van der Waals surface area contributed by atoms with Crippen molar-refractivity contribution in [2.75, 3.05) is 6.61 Å². The zero-order valence-corrected chi connectivity index (χ0v) is 7.95. The van der Waals surface area contributed by atoms with Gasteiger partial charge in [-0.05, 0) is 5.92 Å². The van der Waals surface area contributed by atoms with Crippen LogP contribution in [0.4, 0.5) is 0 Å². The van der Waals surface area contributed by atoms with Crippen molar-refractivity contribution in [1.82, 2.24) is 0 Å². The molecule has 1 aliphatic rings. The topological polar surface area (TPSA) is 35.5 Å². The maximum atomic E-state index is 10.9. The minimum atomic E-state index is -0.322. The highest BCUT2D eigenvalue weighted by molar-refractivity contribution is 5.85. The summed E-state index contributed by atoms with van der Waals surface area (Å²) in [5, 5.41) is 0. The number of rotatable bonds is 4. The molecule has 0 saturated heterocycles. The fraction of sp³-hybridized carbons (Fsp3) is 0.500. The molecule has 0 radical (unpaired) electrons. The molecule has 3 nitrogen and oxygen atoms in total. The average Bonchev–Trinajstić information content (AvgIpc) is 2.43. The number of hydrogen-bond acceptors (Lipinski definition) is 3. The summed E-state index contributed by atoms with van der Waals surface area (Å²) in [5.41, 5.74) is 0. The van der Waals surface area contributed by atoms with Gasteiger partial charge in [0, 0.05) is 0 Å². The van der Waals surface area contributed by atoms with E-state index >= 15 is 0 Å². The summed E-state index contributed by atoms with van der Waals surface area (Å²) < 4.78 is 10.3. The van der Waals surface area contributed by atoms with Gasteiger partial charge >= 0.3 is 5.97 Å². The van der Waals surface area contributed by atoms with E-state index in [1.54, 1.807) is 6.08 Å². The van der Waals surface area contributed by atoms with E-state index in [9.17, 15) is 4.79 Å². The third kappa shape index (κ3) is 2.34. The van der Waals surface area contributed by atoms with Gasteiger partial charge in [-0.2, -0.15) is 0 Å². The third-order valence-electron chi connectivity index (χ3n) is 1.76. The minimum Gasteiger partial charge on any atom is -0.490 e. The fourth-order valence-electron chi connectivity index (χ4n) is 1.16. The summed E-state index contributed by atoms with van der Waals surface area (Å²) >= 11 is 0. The van der Waals surface area contributed by atoms with E-state index in [0.717, 1.165) is 0 Å². The zero-order chi connectivity index (χ0) is 9.84. The molecule has 0 spiro atoms. The van der Waals surface area contributed by atoms with Crippen LogP contribution in [0.3, 0.4) is 0 Å². The Hall–Kier alpha value is -1.25. The second-order valence-corrected chi connectivity index (χ2v) is 3.25. The zero-order valence-electron chi connectivity index (χ0n) is 7.95. The van der Waals surface area contributed by atoms with Crippen molar-refractivity contribution in [3.05, 3.63) is 24.5 Å².